The van der Waals surface area contributed by atoms with E-state index in [4.69, 9.17) is 26.6 Å². The standard InChI is InChI=1S/C18H44N2O6Si2/c1-9-19(10-2)15-13-11-12-14-16-20(17-27(21-3,22-4)23-5)18-28(24-6,25-7)26-8/h9-18H2,1-8H3. The minimum Gasteiger partial charge on any atom is -0.376 e. The Balaban J connectivity index is 4.77. The highest BCUT2D eigenvalue weighted by molar-refractivity contribution is 6.62. The molecular weight excluding hydrogens is 396 g/mol. The third-order valence-electron chi connectivity index (χ3n) is 5.29. The van der Waals surface area contributed by atoms with Crippen molar-refractivity contribution >= 4 is 17.6 Å². The van der Waals surface area contributed by atoms with Crippen LogP contribution < -0.4 is 0 Å². The molecule has 0 heterocycles. The second-order valence-corrected chi connectivity index (χ2v) is 12.6. The lowest BCUT2D eigenvalue weighted by Gasteiger charge is -2.35. The van der Waals surface area contributed by atoms with Gasteiger partial charge < -0.3 is 31.5 Å². The molecule has 0 unspecified atom stereocenters. The maximum absolute atomic E-state index is 5.62. The van der Waals surface area contributed by atoms with Crippen LogP contribution in [0.4, 0.5) is 0 Å². The summed E-state index contributed by atoms with van der Waals surface area (Å²) in [4.78, 5) is 4.72. The van der Waals surface area contributed by atoms with Crippen LogP contribution >= 0.6 is 0 Å². The second kappa shape index (κ2) is 15.9. The quantitative estimate of drug-likeness (QED) is 0.223. The molecule has 0 fully saturated rings. The fourth-order valence-electron chi connectivity index (χ4n) is 3.21. The van der Waals surface area contributed by atoms with Crippen LogP contribution in [0, 0.1) is 0 Å². The number of hydrogen-bond acceptors (Lipinski definition) is 8. The van der Waals surface area contributed by atoms with Gasteiger partial charge in [-0.3, -0.25) is 4.90 Å². The Hall–Kier alpha value is 0.114. The van der Waals surface area contributed by atoms with Gasteiger partial charge >= 0.3 is 17.6 Å². The Kier molecular flexibility index (Phi) is 16.0. The molecule has 0 aliphatic heterocycles. The normalized spacial score (nSPS) is 13.1. The average Bonchev–Trinajstić information content (AvgIpc) is 2.75. The first-order valence-electron chi connectivity index (χ1n) is 10.2. The van der Waals surface area contributed by atoms with Crippen molar-refractivity contribution in [2.24, 2.45) is 0 Å². The highest BCUT2D eigenvalue weighted by Gasteiger charge is 2.45. The molecule has 0 saturated heterocycles. The van der Waals surface area contributed by atoms with Crippen LogP contribution in [0.25, 0.3) is 0 Å². The smallest absolute Gasteiger partial charge is 0.376 e. The van der Waals surface area contributed by atoms with E-state index in [1.54, 1.807) is 42.7 Å². The van der Waals surface area contributed by atoms with Crippen LogP contribution in [0.5, 0.6) is 0 Å². The van der Waals surface area contributed by atoms with Crippen molar-refractivity contribution < 1.29 is 26.6 Å². The van der Waals surface area contributed by atoms with Crippen molar-refractivity contribution in [3.8, 4) is 0 Å². The topological polar surface area (TPSA) is 61.9 Å². The molecule has 8 nitrogen and oxygen atoms in total. The van der Waals surface area contributed by atoms with Crippen molar-refractivity contribution in [2.75, 3.05) is 81.2 Å². The van der Waals surface area contributed by atoms with E-state index in [2.05, 4.69) is 23.6 Å². The number of rotatable bonds is 19. The molecule has 0 aliphatic carbocycles. The van der Waals surface area contributed by atoms with E-state index >= 15 is 0 Å². The van der Waals surface area contributed by atoms with Gasteiger partial charge in [-0.2, -0.15) is 0 Å². The monoisotopic (exact) mass is 440 g/mol. The summed E-state index contributed by atoms with van der Waals surface area (Å²) in [5, 5.41) is 0. The Bertz CT molecular complexity index is 331. The van der Waals surface area contributed by atoms with Crippen LogP contribution in [0.3, 0.4) is 0 Å². The van der Waals surface area contributed by atoms with Gasteiger partial charge in [-0.1, -0.05) is 26.7 Å². The molecule has 0 bridgehead atoms. The molecule has 10 heteroatoms. The first-order valence-corrected chi connectivity index (χ1v) is 14.1. The third kappa shape index (κ3) is 9.74. The first-order chi connectivity index (χ1) is 13.4. The lowest BCUT2D eigenvalue weighted by atomic mass is 10.2. The summed E-state index contributed by atoms with van der Waals surface area (Å²) in [6, 6.07) is 0. The third-order valence-corrected chi connectivity index (χ3v) is 10.7. The van der Waals surface area contributed by atoms with Crippen LogP contribution in [-0.4, -0.2) is 109 Å². The molecule has 0 aromatic carbocycles. The fraction of sp³-hybridized carbons (Fsp3) is 1.00. The maximum Gasteiger partial charge on any atom is 0.514 e. The predicted octanol–water partition coefficient (Wildman–Crippen LogP) is 2.03. The van der Waals surface area contributed by atoms with Crippen molar-refractivity contribution in [1.82, 2.24) is 9.80 Å². The van der Waals surface area contributed by atoms with Crippen molar-refractivity contribution in [1.29, 1.82) is 0 Å². The van der Waals surface area contributed by atoms with E-state index in [0.717, 1.165) is 26.1 Å². The van der Waals surface area contributed by atoms with Gasteiger partial charge in [0.05, 0.1) is 12.3 Å². The Morgan fingerprint density at radius 2 is 0.821 bits per heavy atom. The molecule has 170 valence electrons. The molecule has 0 saturated carbocycles. The number of hydrogen-bond donors (Lipinski definition) is 0. The molecule has 0 N–H and O–H groups in total. The molecule has 0 rings (SSSR count). The molecule has 0 spiro atoms. The lowest BCUT2D eigenvalue weighted by Crippen LogP contribution is -2.59. The molecule has 0 aromatic rings. The van der Waals surface area contributed by atoms with E-state index in [0.29, 0.717) is 12.3 Å². The lowest BCUT2D eigenvalue weighted by molar-refractivity contribution is 0.0844. The minimum atomic E-state index is -2.74. The molecule has 0 aromatic heterocycles. The van der Waals surface area contributed by atoms with E-state index in [9.17, 15) is 0 Å². The van der Waals surface area contributed by atoms with E-state index in [1.165, 1.54) is 25.8 Å². The van der Waals surface area contributed by atoms with Gasteiger partial charge in [0.2, 0.25) is 0 Å². The first kappa shape index (κ1) is 28.1. The molecule has 0 radical (unpaired) electrons. The fourth-order valence-corrected chi connectivity index (χ4v) is 6.85. The van der Waals surface area contributed by atoms with Gasteiger partial charge in [0.15, 0.2) is 0 Å². The second-order valence-electron chi connectivity index (χ2n) is 6.74. The zero-order chi connectivity index (χ0) is 21.5. The Labute approximate surface area is 175 Å². The van der Waals surface area contributed by atoms with Crippen LogP contribution in [0.1, 0.15) is 39.5 Å². The molecule has 0 atom stereocenters. The average molecular weight is 441 g/mol. The maximum atomic E-state index is 5.62. The summed E-state index contributed by atoms with van der Waals surface area (Å²) in [6.45, 7) is 8.75. The Morgan fingerprint density at radius 1 is 0.500 bits per heavy atom. The number of unbranched alkanes of at least 4 members (excludes halogenated alkanes) is 3. The zero-order valence-corrected chi connectivity index (χ0v) is 21.4. The van der Waals surface area contributed by atoms with Gasteiger partial charge in [-0.25, -0.2) is 0 Å². The van der Waals surface area contributed by atoms with Crippen LogP contribution in [-0.2, 0) is 26.6 Å². The van der Waals surface area contributed by atoms with Crippen molar-refractivity contribution in [3.05, 3.63) is 0 Å². The summed E-state index contributed by atoms with van der Waals surface area (Å²) in [6.07, 6.45) is 5.87. The van der Waals surface area contributed by atoms with Crippen molar-refractivity contribution in [3.63, 3.8) is 0 Å². The largest absolute Gasteiger partial charge is 0.514 e. The van der Waals surface area contributed by atoms with Gasteiger partial charge in [0, 0.05) is 42.7 Å². The van der Waals surface area contributed by atoms with E-state index in [1.807, 2.05) is 0 Å². The predicted molar refractivity (Wildman–Crippen MR) is 116 cm³/mol. The van der Waals surface area contributed by atoms with Crippen LogP contribution in [0.2, 0.25) is 0 Å². The molecule has 28 heavy (non-hydrogen) atoms. The Morgan fingerprint density at radius 3 is 1.11 bits per heavy atom. The summed E-state index contributed by atoms with van der Waals surface area (Å²) in [7, 11) is 4.34. The highest BCUT2D eigenvalue weighted by atomic mass is 28.4. The van der Waals surface area contributed by atoms with Crippen LogP contribution in [0.15, 0.2) is 0 Å². The highest BCUT2D eigenvalue weighted by Crippen LogP contribution is 2.15. The number of nitrogens with zero attached hydrogens (tertiary/aromatic N) is 2. The van der Waals surface area contributed by atoms with Crippen molar-refractivity contribution in [2.45, 2.75) is 39.5 Å². The summed E-state index contributed by atoms with van der Waals surface area (Å²) in [5.74, 6) is 0. The van der Waals surface area contributed by atoms with Gasteiger partial charge in [0.1, 0.15) is 0 Å². The SMILES string of the molecule is CCN(CC)CCCCCCN(C[Si](OC)(OC)OC)C[Si](OC)(OC)OC. The molecule has 0 aliphatic rings. The molecular formula is C18H44N2O6Si2. The van der Waals surface area contributed by atoms with E-state index in [-0.39, 0.29) is 0 Å². The zero-order valence-electron chi connectivity index (χ0n) is 19.4. The van der Waals surface area contributed by atoms with E-state index < -0.39 is 17.6 Å². The summed E-state index contributed by atoms with van der Waals surface area (Å²) >= 11 is 0. The van der Waals surface area contributed by atoms with Gasteiger partial charge in [-0.15, -0.1) is 0 Å². The minimum absolute atomic E-state index is 0.570. The van der Waals surface area contributed by atoms with Gasteiger partial charge in [-0.05, 0) is 39.0 Å². The summed E-state index contributed by atoms with van der Waals surface area (Å²) in [5.41, 5.74) is 0. The summed E-state index contributed by atoms with van der Waals surface area (Å²) < 4.78 is 33.7. The van der Waals surface area contributed by atoms with Gasteiger partial charge in [0.25, 0.3) is 0 Å². The molecule has 0 amide bonds.